The number of nitrogens with zero attached hydrogens (tertiary/aromatic N) is 1. The van der Waals surface area contributed by atoms with Gasteiger partial charge >= 0.3 is 0 Å². The molecule has 7 rings (SSSR count). The summed E-state index contributed by atoms with van der Waals surface area (Å²) in [6.07, 6.45) is 0. The summed E-state index contributed by atoms with van der Waals surface area (Å²) >= 11 is 0. The van der Waals surface area contributed by atoms with Crippen LogP contribution in [0.25, 0.3) is 0 Å². The van der Waals surface area contributed by atoms with Crippen molar-refractivity contribution in [3.8, 4) is 0 Å². The monoisotopic (exact) mass is 380 g/mol. The Bertz CT molecular complexity index is 1020. The predicted molar refractivity (Wildman–Crippen MR) is 110 cm³/mol. The predicted octanol–water partition coefficient (Wildman–Crippen LogP) is 3.95. The Morgan fingerprint density at radius 2 is 1.03 bits per heavy atom. The largest absolute Gasteiger partial charge is 0.367 e. The van der Waals surface area contributed by atoms with Crippen molar-refractivity contribution >= 4 is 17.5 Å². The van der Waals surface area contributed by atoms with Crippen LogP contribution in [-0.2, 0) is 9.59 Å². The zero-order valence-electron chi connectivity index (χ0n) is 15.8. The molecular weight excluding hydrogens is 360 g/mol. The summed E-state index contributed by atoms with van der Waals surface area (Å²) in [5, 5.41) is 3.23. The second-order valence-corrected chi connectivity index (χ2v) is 8.07. The van der Waals surface area contributed by atoms with E-state index in [2.05, 4.69) is 29.6 Å². The molecule has 2 unspecified atom stereocenters. The summed E-state index contributed by atoms with van der Waals surface area (Å²) in [4.78, 5) is 28.3. The average molecular weight is 380 g/mol. The van der Waals surface area contributed by atoms with Gasteiger partial charge < -0.3 is 5.32 Å². The van der Waals surface area contributed by atoms with Crippen molar-refractivity contribution in [3.05, 3.63) is 101 Å². The van der Waals surface area contributed by atoms with Gasteiger partial charge in [0, 0.05) is 17.5 Å². The third kappa shape index (κ3) is 2.20. The number of benzene rings is 3. The maximum Gasteiger partial charge on any atom is 0.235 e. The fraction of sp³-hybridized carbons (Fsp3) is 0.200. The molecule has 1 fully saturated rings. The normalized spacial score (nSPS) is 26.1. The molecule has 2 atom stereocenters. The number of para-hydroxylation sites is 1. The number of imide groups is 1. The molecule has 0 aromatic heterocycles. The Kier molecular flexibility index (Phi) is 3.45. The van der Waals surface area contributed by atoms with Crippen molar-refractivity contribution in [2.75, 3.05) is 12.0 Å². The first-order chi connectivity index (χ1) is 14.3. The summed E-state index contributed by atoms with van der Waals surface area (Å²) in [7, 11) is 0. The molecule has 4 nitrogen and oxygen atoms in total. The van der Waals surface area contributed by atoms with E-state index in [0.29, 0.717) is 0 Å². The van der Waals surface area contributed by atoms with E-state index in [-0.39, 0.29) is 42.2 Å². The number of hydrogen-bond acceptors (Lipinski definition) is 3. The minimum atomic E-state index is -0.310. The second-order valence-electron chi connectivity index (χ2n) is 8.07. The molecule has 0 saturated carbocycles. The highest BCUT2D eigenvalue weighted by atomic mass is 16.2. The minimum Gasteiger partial charge on any atom is -0.367 e. The van der Waals surface area contributed by atoms with E-state index >= 15 is 0 Å². The van der Waals surface area contributed by atoms with E-state index < -0.39 is 0 Å². The molecule has 0 spiro atoms. The molecule has 2 bridgehead atoms. The fourth-order valence-electron chi connectivity index (χ4n) is 5.62. The molecule has 4 heteroatoms. The molecule has 1 aliphatic heterocycles. The molecule has 29 heavy (non-hydrogen) atoms. The van der Waals surface area contributed by atoms with Crippen LogP contribution in [0.4, 0.5) is 5.69 Å². The van der Waals surface area contributed by atoms with Crippen LogP contribution in [0.15, 0.2) is 78.9 Å². The van der Waals surface area contributed by atoms with Gasteiger partial charge in [-0.05, 0) is 34.4 Å². The summed E-state index contributed by atoms with van der Waals surface area (Å²) < 4.78 is 0. The first-order valence-corrected chi connectivity index (χ1v) is 10.1. The second kappa shape index (κ2) is 6.05. The van der Waals surface area contributed by atoms with Gasteiger partial charge in [0.2, 0.25) is 11.8 Å². The number of anilines is 1. The lowest BCUT2D eigenvalue weighted by atomic mass is 9.55. The van der Waals surface area contributed by atoms with Gasteiger partial charge in [-0.3, -0.25) is 14.5 Å². The number of rotatable bonds is 3. The molecule has 1 saturated heterocycles. The Balaban J connectivity index is 1.42. The first-order valence-electron chi connectivity index (χ1n) is 10.1. The van der Waals surface area contributed by atoms with Gasteiger partial charge in [0.1, 0.15) is 0 Å². The highest BCUT2D eigenvalue weighted by Gasteiger charge is 2.61. The average Bonchev–Trinajstić information content (AvgIpc) is 3.03. The zero-order chi connectivity index (χ0) is 19.5. The Morgan fingerprint density at radius 3 is 1.48 bits per heavy atom. The number of likely N-dealkylation sites (tertiary alicyclic amines) is 1. The molecule has 3 aromatic rings. The zero-order valence-corrected chi connectivity index (χ0v) is 15.8. The molecule has 0 radical (unpaired) electrons. The lowest BCUT2D eigenvalue weighted by Crippen LogP contribution is -2.41. The molecule has 2 amide bonds. The number of hydrogen-bond donors (Lipinski definition) is 1. The van der Waals surface area contributed by atoms with E-state index in [1.165, 1.54) is 27.2 Å². The third-order valence-electron chi connectivity index (χ3n) is 6.75. The molecule has 3 aliphatic carbocycles. The minimum absolute atomic E-state index is 0.0458. The van der Waals surface area contributed by atoms with Gasteiger partial charge in [0.15, 0.2) is 0 Å². The summed E-state index contributed by atoms with van der Waals surface area (Å²) in [6, 6.07) is 26.3. The summed E-state index contributed by atoms with van der Waals surface area (Å²) in [5.74, 6) is -0.819. The topological polar surface area (TPSA) is 49.4 Å². The van der Waals surface area contributed by atoms with Gasteiger partial charge in [0.05, 0.1) is 18.5 Å². The van der Waals surface area contributed by atoms with E-state index in [4.69, 9.17) is 0 Å². The van der Waals surface area contributed by atoms with Crippen LogP contribution in [0.3, 0.4) is 0 Å². The SMILES string of the molecule is O=C1C2C3c4ccccc4C(c4ccccc43)C2C(=O)N1CNc1ccccc1. The van der Waals surface area contributed by atoms with Crippen LogP contribution in [0.2, 0.25) is 0 Å². The van der Waals surface area contributed by atoms with Crippen LogP contribution in [0.5, 0.6) is 0 Å². The van der Waals surface area contributed by atoms with E-state index in [1.807, 2.05) is 54.6 Å². The lowest BCUT2D eigenvalue weighted by molar-refractivity contribution is -0.139. The number of nitrogens with one attached hydrogen (secondary N) is 1. The Hall–Kier alpha value is -3.40. The van der Waals surface area contributed by atoms with Crippen molar-refractivity contribution in [2.45, 2.75) is 11.8 Å². The molecule has 1 heterocycles. The van der Waals surface area contributed by atoms with Crippen LogP contribution in [-0.4, -0.2) is 23.4 Å². The molecule has 1 N–H and O–H groups in total. The van der Waals surface area contributed by atoms with Crippen molar-refractivity contribution < 1.29 is 9.59 Å². The van der Waals surface area contributed by atoms with E-state index in [1.54, 1.807) is 0 Å². The van der Waals surface area contributed by atoms with Gasteiger partial charge in [-0.15, -0.1) is 0 Å². The van der Waals surface area contributed by atoms with Crippen molar-refractivity contribution in [1.29, 1.82) is 0 Å². The number of carbonyl (C=O) groups is 2. The lowest BCUT2D eigenvalue weighted by Gasteiger charge is -2.45. The Morgan fingerprint density at radius 1 is 0.621 bits per heavy atom. The van der Waals surface area contributed by atoms with Gasteiger partial charge in [-0.25, -0.2) is 0 Å². The number of amides is 2. The standard InChI is InChI=1S/C25H20N2O2/c28-24-22-20-16-10-4-5-11-17(16)21(19-13-7-6-12-18(19)20)23(22)25(29)27(24)14-26-15-8-2-1-3-9-15/h1-13,20-23,26H,14H2. The number of carbonyl (C=O) groups excluding carboxylic acids is 2. The van der Waals surface area contributed by atoms with Crippen molar-refractivity contribution in [3.63, 3.8) is 0 Å². The van der Waals surface area contributed by atoms with Crippen molar-refractivity contribution in [2.24, 2.45) is 11.8 Å². The van der Waals surface area contributed by atoms with Crippen molar-refractivity contribution in [1.82, 2.24) is 4.90 Å². The Labute approximate surface area is 169 Å². The molecule has 3 aromatic carbocycles. The summed E-state index contributed by atoms with van der Waals surface area (Å²) in [6.45, 7) is 0.209. The van der Waals surface area contributed by atoms with E-state index in [0.717, 1.165) is 5.69 Å². The van der Waals surface area contributed by atoms with E-state index in [9.17, 15) is 9.59 Å². The highest BCUT2D eigenvalue weighted by molar-refractivity contribution is 6.07. The van der Waals surface area contributed by atoms with Crippen LogP contribution in [0, 0.1) is 11.8 Å². The van der Waals surface area contributed by atoms with Crippen LogP contribution < -0.4 is 5.32 Å². The summed E-state index contributed by atoms with van der Waals surface area (Å²) in [5.41, 5.74) is 5.72. The van der Waals surface area contributed by atoms with Gasteiger partial charge in [0.25, 0.3) is 0 Å². The maximum absolute atomic E-state index is 13.4. The van der Waals surface area contributed by atoms with Crippen LogP contribution >= 0.6 is 0 Å². The first kappa shape index (κ1) is 16.5. The van der Waals surface area contributed by atoms with Gasteiger partial charge in [-0.1, -0.05) is 66.7 Å². The highest BCUT2D eigenvalue weighted by Crippen LogP contribution is 2.60. The van der Waals surface area contributed by atoms with Crippen LogP contribution in [0.1, 0.15) is 34.1 Å². The molecule has 4 aliphatic rings. The fourth-order valence-corrected chi connectivity index (χ4v) is 5.62. The smallest absolute Gasteiger partial charge is 0.235 e. The van der Waals surface area contributed by atoms with Gasteiger partial charge in [-0.2, -0.15) is 0 Å². The maximum atomic E-state index is 13.4. The molecule has 142 valence electrons. The molecular formula is C25H20N2O2. The quantitative estimate of drug-likeness (QED) is 0.700. The third-order valence-corrected chi connectivity index (χ3v) is 6.75.